The summed E-state index contributed by atoms with van der Waals surface area (Å²) in [6, 6.07) is 16.5. The highest BCUT2D eigenvalue weighted by Gasteiger charge is 2.12. The fraction of sp³-hybridized carbons (Fsp3) is 0.118. The first-order chi connectivity index (χ1) is 9.79. The highest BCUT2D eigenvalue weighted by molar-refractivity contribution is 5.59. The minimum atomic E-state index is -0.229. The van der Waals surface area contributed by atoms with Crippen molar-refractivity contribution in [3.63, 3.8) is 0 Å². The van der Waals surface area contributed by atoms with Crippen LogP contribution in [0.4, 0.5) is 4.39 Å². The number of rotatable bonds is 3. The van der Waals surface area contributed by atoms with Gasteiger partial charge in [-0.05, 0) is 30.7 Å². The van der Waals surface area contributed by atoms with Gasteiger partial charge in [-0.2, -0.15) is 0 Å². The Kier molecular flexibility index (Phi) is 3.33. The van der Waals surface area contributed by atoms with Gasteiger partial charge >= 0.3 is 0 Å². The third-order valence-electron chi connectivity index (χ3n) is 3.31. The second kappa shape index (κ2) is 5.29. The summed E-state index contributed by atoms with van der Waals surface area (Å²) in [5, 5.41) is 0. The summed E-state index contributed by atoms with van der Waals surface area (Å²) in [6.45, 7) is 2.09. The first-order valence-electron chi connectivity index (χ1n) is 6.67. The number of imidazole rings is 1. The first kappa shape index (κ1) is 12.6. The molecule has 0 aliphatic rings. The minimum Gasteiger partial charge on any atom is -0.297 e. The molecule has 0 aliphatic carbocycles. The average Bonchev–Trinajstić information content (AvgIpc) is 2.93. The van der Waals surface area contributed by atoms with Crippen molar-refractivity contribution in [1.82, 2.24) is 9.55 Å². The quantitative estimate of drug-likeness (QED) is 0.693. The molecule has 2 aromatic carbocycles. The zero-order chi connectivity index (χ0) is 13.9. The van der Waals surface area contributed by atoms with Crippen LogP contribution in [0.2, 0.25) is 0 Å². The van der Waals surface area contributed by atoms with Gasteiger partial charge in [-0.3, -0.25) is 4.57 Å². The summed E-state index contributed by atoms with van der Waals surface area (Å²) in [4.78, 5) is 4.53. The Morgan fingerprint density at radius 2 is 1.70 bits per heavy atom. The summed E-state index contributed by atoms with van der Waals surface area (Å²) >= 11 is 0. The lowest BCUT2D eigenvalue weighted by Gasteiger charge is -2.11. The third-order valence-corrected chi connectivity index (χ3v) is 3.31. The second-order valence-corrected chi connectivity index (χ2v) is 4.60. The first-order valence-corrected chi connectivity index (χ1v) is 6.67. The van der Waals surface area contributed by atoms with E-state index in [1.807, 2.05) is 36.5 Å². The van der Waals surface area contributed by atoms with E-state index in [-0.39, 0.29) is 5.82 Å². The lowest BCUT2D eigenvalue weighted by Crippen LogP contribution is -2.01. The molecule has 1 heterocycles. The number of benzene rings is 2. The van der Waals surface area contributed by atoms with Crippen LogP contribution in [0.5, 0.6) is 0 Å². The van der Waals surface area contributed by atoms with Gasteiger partial charge in [0, 0.05) is 23.1 Å². The fourth-order valence-electron chi connectivity index (χ4n) is 2.31. The van der Waals surface area contributed by atoms with Crippen molar-refractivity contribution in [2.75, 3.05) is 0 Å². The summed E-state index contributed by atoms with van der Waals surface area (Å²) in [7, 11) is 0. The standard InChI is InChI=1S/C17H15FN2/c1-2-15-12-19-17(13-6-4-3-5-7-13)20(15)16-10-8-14(18)9-11-16/h3-12H,2H2,1H3. The molecule has 2 nitrogen and oxygen atoms in total. The SMILES string of the molecule is CCc1cnc(-c2ccccc2)n1-c1ccc(F)cc1. The van der Waals surface area contributed by atoms with Crippen LogP contribution in [0, 0.1) is 5.82 Å². The molecule has 0 unspecified atom stereocenters. The van der Waals surface area contributed by atoms with E-state index < -0.39 is 0 Å². The highest BCUT2D eigenvalue weighted by Crippen LogP contribution is 2.24. The molecular formula is C17H15FN2. The number of hydrogen-bond donors (Lipinski definition) is 0. The Morgan fingerprint density at radius 3 is 2.35 bits per heavy atom. The van der Waals surface area contributed by atoms with E-state index >= 15 is 0 Å². The van der Waals surface area contributed by atoms with Crippen LogP contribution in [0.15, 0.2) is 60.8 Å². The molecule has 0 bridgehead atoms. The second-order valence-electron chi connectivity index (χ2n) is 4.60. The molecule has 0 spiro atoms. The Hall–Kier alpha value is -2.42. The molecule has 3 heteroatoms. The van der Waals surface area contributed by atoms with Gasteiger partial charge in [0.2, 0.25) is 0 Å². The minimum absolute atomic E-state index is 0.229. The monoisotopic (exact) mass is 266 g/mol. The lowest BCUT2D eigenvalue weighted by atomic mass is 10.2. The number of aryl methyl sites for hydroxylation is 1. The van der Waals surface area contributed by atoms with Crippen molar-refractivity contribution >= 4 is 0 Å². The van der Waals surface area contributed by atoms with Crippen molar-refractivity contribution < 1.29 is 4.39 Å². The van der Waals surface area contributed by atoms with Gasteiger partial charge in [0.25, 0.3) is 0 Å². The number of hydrogen-bond acceptors (Lipinski definition) is 1. The van der Waals surface area contributed by atoms with Crippen molar-refractivity contribution in [3.8, 4) is 17.1 Å². The summed E-state index contributed by atoms with van der Waals surface area (Å²) < 4.78 is 15.2. The molecule has 0 amide bonds. The van der Waals surface area contributed by atoms with Crippen LogP contribution in [0.25, 0.3) is 17.1 Å². The van der Waals surface area contributed by atoms with Gasteiger partial charge < -0.3 is 0 Å². The molecule has 20 heavy (non-hydrogen) atoms. The van der Waals surface area contributed by atoms with Crippen LogP contribution in [0.1, 0.15) is 12.6 Å². The zero-order valence-corrected chi connectivity index (χ0v) is 11.3. The largest absolute Gasteiger partial charge is 0.297 e. The molecule has 3 aromatic rings. The topological polar surface area (TPSA) is 17.8 Å². The molecule has 0 fully saturated rings. The third kappa shape index (κ3) is 2.23. The zero-order valence-electron chi connectivity index (χ0n) is 11.3. The van der Waals surface area contributed by atoms with Crippen molar-refractivity contribution in [1.29, 1.82) is 0 Å². The maximum atomic E-state index is 13.1. The van der Waals surface area contributed by atoms with E-state index in [0.717, 1.165) is 29.2 Å². The van der Waals surface area contributed by atoms with Crippen LogP contribution in [0.3, 0.4) is 0 Å². The Labute approximate surface area is 117 Å². The van der Waals surface area contributed by atoms with Crippen LogP contribution in [-0.4, -0.2) is 9.55 Å². The average molecular weight is 266 g/mol. The Bertz CT molecular complexity index is 700. The Morgan fingerprint density at radius 1 is 1.00 bits per heavy atom. The van der Waals surface area contributed by atoms with Gasteiger partial charge in [-0.1, -0.05) is 37.3 Å². The van der Waals surface area contributed by atoms with Crippen molar-refractivity contribution in [3.05, 3.63) is 72.3 Å². The van der Waals surface area contributed by atoms with Gasteiger partial charge in [0.1, 0.15) is 11.6 Å². The van der Waals surface area contributed by atoms with Gasteiger partial charge in [-0.15, -0.1) is 0 Å². The molecule has 0 atom stereocenters. The lowest BCUT2D eigenvalue weighted by molar-refractivity contribution is 0.627. The number of nitrogens with zero attached hydrogens (tertiary/aromatic N) is 2. The molecular weight excluding hydrogens is 251 g/mol. The highest BCUT2D eigenvalue weighted by atomic mass is 19.1. The molecule has 0 saturated carbocycles. The van der Waals surface area contributed by atoms with Gasteiger partial charge in [0.05, 0.1) is 0 Å². The molecule has 0 aliphatic heterocycles. The van der Waals surface area contributed by atoms with Crippen LogP contribution in [-0.2, 0) is 6.42 Å². The van der Waals surface area contributed by atoms with Gasteiger partial charge in [0.15, 0.2) is 0 Å². The fourth-order valence-corrected chi connectivity index (χ4v) is 2.31. The van der Waals surface area contributed by atoms with E-state index in [1.54, 1.807) is 12.1 Å². The number of aromatic nitrogens is 2. The van der Waals surface area contributed by atoms with Crippen molar-refractivity contribution in [2.24, 2.45) is 0 Å². The van der Waals surface area contributed by atoms with Crippen molar-refractivity contribution in [2.45, 2.75) is 13.3 Å². The molecule has 0 saturated heterocycles. The summed E-state index contributed by atoms with van der Waals surface area (Å²) in [5.41, 5.74) is 3.09. The summed E-state index contributed by atoms with van der Waals surface area (Å²) in [6.07, 6.45) is 2.75. The maximum Gasteiger partial charge on any atom is 0.144 e. The molecule has 100 valence electrons. The predicted molar refractivity (Wildman–Crippen MR) is 78.3 cm³/mol. The normalized spacial score (nSPS) is 10.7. The molecule has 3 rings (SSSR count). The maximum absolute atomic E-state index is 13.1. The van der Waals surface area contributed by atoms with Crippen LogP contribution >= 0.6 is 0 Å². The smallest absolute Gasteiger partial charge is 0.144 e. The van der Waals surface area contributed by atoms with E-state index in [1.165, 1.54) is 12.1 Å². The molecule has 0 N–H and O–H groups in total. The molecule has 0 radical (unpaired) electrons. The van der Waals surface area contributed by atoms with E-state index in [9.17, 15) is 4.39 Å². The van der Waals surface area contributed by atoms with Gasteiger partial charge in [-0.25, -0.2) is 9.37 Å². The van der Waals surface area contributed by atoms with E-state index in [0.29, 0.717) is 0 Å². The van der Waals surface area contributed by atoms with Crippen LogP contribution < -0.4 is 0 Å². The number of halogens is 1. The van der Waals surface area contributed by atoms with E-state index in [2.05, 4.69) is 16.5 Å². The summed E-state index contributed by atoms with van der Waals surface area (Å²) in [5.74, 6) is 0.655. The predicted octanol–water partition coefficient (Wildman–Crippen LogP) is 4.24. The molecule has 1 aromatic heterocycles. The van der Waals surface area contributed by atoms with E-state index in [4.69, 9.17) is 0 Å². The Balaban J connectivity index is 2.18.